The van der Waals surface area contributed by atoms with Crippen LogP contribution in [0.15, 0.2) is 24.3 Å². The van der Waals surface area contributed by atoms with Gasteiger partial charge in [0.1, 0.15) is 5.82 Å². The highest BCUT2D eigenvalue weighted by Crippen LogP contribution is 2.31. The Morgan fingerprint density at radius 2 is 1.96 bits per heavy atom. The van der Waals surface area contributed by atoms with Crippen LogP contribution in [-0.4, -0.2) is 24.0 Å². The van der Waals surface area contributed by atoms with Crippen LogP contribution in [0.5, 0.6) is 0 Å². The zero-order valence-electron chi connectivity index (χ0n) is 13.6. The number of hydrogen-bond donors (Lipinski definition) is 1. The zero-order valence-corrected chi connectivity index (χ0v) is 13.6. The van der Waals surface area contributed by atoms with Crippen LogP contribution in [-0.2, 0) is 4.79 Å². The minimum absolute atomic E-state index is 0.153. The maximum Gasteiger partial charge on any atom is 0.227 e. The van der Waals surface area contributed by atoms with Gasteiger partial charge < -0.3 is 10.2 Å². The average molecular weight is 309 g/mol. The number of rotatable bonds is 3. The summed E-state index contributed by atoms with van der Waals surface area (Å²) in [4.78, 5) is 19.2. The summed E-state index contributed by atoms with van der Waals surface area (Å²) in [6.45, 7) is 4.34. The van der Waals surface area contributed by atoms with Crippen molar-refractivity contribution in [3.63, 3.8) is 0 Å². The van der Waals surface area contributed by atoms with E-state index in [1.807, 2.05) is 12.1 Å². The molecule has 120 valence electrons. The second kappa shape index (κ2) is 5.84. The number of benzene rings is 1. The Hall–Kier alpha value is -2.10. The van der Waals surface area contributed by atoms with E-state index >= 15 is 0 Å². The van der Waals surface area contributed by atoms with E-state index in [4.69, 9.17) is 4.98 Å². The molecule has 2 heterocycles. The molecule has 1 aliphatic heterocycles. The molecule has 0 unspecified atom stereocenters. The Morgan fingerprint density at radius 3 is 2.70 bits per heavy atom. The van der Waals surface area contributed by atoms with E-state index in [0.29, 0.717) is 0 Å². The highest BCUT2D eigenvalue weighted by Gasteiger charge is 2.29. The number of aromatic nitrogens is 1. The fourth-order valence-electron chi connectivity index (χ4n) is 3.33. The van der Waals surface area contributed by atoms with Gasteiger partial charge in [-0.25, -0.2) is 4.98 Å². The molecule has 0 atom stereocenters. The van der Waals surface area contributed by atoms with E-state index < -0.39 is 0 Å². The highest BCUT2D eigenvalue weighted by molar-refractivity contribution is 5.96. The molecule has 1 aliphatic carbocycles. The smallest absolute Gasteiger partial charge is 0.227 e. The van der Waals surface area contributed by atoms with Gasteiger partial charge in [0.15, 0.2) is 0 Å². The summed E-state index contributed by atoms with van der Waals surface area (Å²) < 4.78 is 0. The number of nitrogens with zero attached hydrogens (tertiary/aromatic N) is 2. The maximum absolute atomic E-state index is 11.9. The molecule has 1 amide bonds. The molecule has 1 N–H and O–H groups in total. The van der Waals surface area contributed by atoms with Crippen LogP contribution in [0.4, 0.5) is 11.5 Å². The van der Waals surface area contributed by atoms with Gasteiger partial charge in [-0.3, -0.25) is 4.79 Å². The van der Waals surface area contributed by atoms with Crippen LogP contribution in [0.2, 0.25) is 0 Å². The second-order valence-corrected chi connectivity index (χ2v) is 6.84. The van der Waals surface area contributed by atoms with Crippen molar-refractivity contribution < 1.29 is 4.79 Å². The lowest BCUT2D eigenvalue weighted by molar-refractivity contribution is -0.117. The van der Waals surface area contributed by atoms with Gasteiger partial charge >= 0.3 is 0 Å². The molecule has 0 radical (unpaired) electrons. The number of amides is 1. The first-order valence-electron chi connectivity index (χ1n) is 8.68. The summed E-state index contributed by atoms with van der Waals surface area (Å²) in [5.41, 5.74) is 3.11. The lowest BCUT2D eigenvalue weighted by Gasteiger charge is -2.28. The third kappa shape index (κ3) is 3.03. The molecule has 2 aromatic rings. The monoisotopic (exact) mass is 309 g/mol. The number of carbonyl (C=O) groups excluding carboxylic acids is 1. The molecule has 2 fully saturated rings. The molecule has 2 aliphatic rings. The van der Waals surface area contributed by atoms with Crippen molar-refractivity contribution in [2.45, 2.75) is 39.0 Å². The average Bonchev–Trinajstić information content (AvgIpc) is 3.41. The van der Waals surface area contributed by atoms with Gasteiger partial charge in [0.2, 0.25) is 5.91 Å². The molecular formula is C19H23N3O. The third-order valence-electron chi connectivity index (χ3n) is 4.90. The standard InChI is InChI=1S/C19H23N3O/c1-13-11-18(22-9-3-2-4-10-22)21-17-8-7-15(12-16(13)17)20-19(23)14-5-6-14/h7-8,11-12,14H,2-6,9-10H2,1H3,(H,20,23). The first-order valence-corrected chi connectivity index (χ1v) is 8.68. The predicted molar refractivity (Wildman–Crippen MR) is 93.9 cm³/mol. The maximum atomic E-state index is 11.9. The summed E-state index contributed by atoms with van der Waals surface area (Å²) in [6.07, 6.45) is 5.89. The normalized spacial score (nSPS) is 18.2. The van der Waals surface area contributed by atoms with Crippen molar-refractivity contribution in [3.8, 4) is 0 Å². The third-order valence-corrected chi connectivity index (χ3v) is 4.90. The van der Waals surface area contributed by atoms with Crippen molar-refractivity contribution in [2.75, 3.05) is 23.3 Å². The molecule has 1 aromatic heterocycles. The van der Waals surface area contributed by atoms with Gasteiger partial charge in [0.05, 0.1) is 5.52 Å². The van der Waals surface area contributed by atoms with Crippen molar-refractivity contribution >= 4 is 28.3 Å². The molecule has 0 bridgehead atoms. The topological polar surface area (TPSA) is 45.2 Å². The lowest BCUT2D eigenvalue weighted by atomic mass is 10.1. The number of aryl methyl sites for hydroxylation is 1. The zero-order chi connectivity index (χ0) is 15.8. The number of anilines is 2. The van der Waals surface area contributed by atoms with E-state index in [9.17, 15) is 4.79 Å². The van der Waals surface area contributed by atoms with Gasteiger partial charge in [-0.2, -0.15) is 0 Å². The molecule has 1 saturated carbocycles. The van der Waals surface area contributed by atoms with E-state index in [1.54, 1.807) is 0 Å². The summed E-state index contributed by atoms with van der Waals surface area (Å²) in [5.74, 6) is 1.47. The number of piperidine rings is 1. The van der Waals surface area contributed by atoms with Crippen LogP contribution in [0.25, 0.3) is 10.9 Å². The fourth-order valence-corrected chi connectivity index (χ4v) is 3.33. The van der Waals surface area contributed by atoms with Crippen LogP contribution >= 0.6 is 0 Å². The summed E-state index contributed by atoms with van der Waals surface area (Å²) in [7, 11) is 0. The lowest BCUT2D eigenvalue weighted by Crippen LogP contribution is -2.30. The highest BCUT2D eigenvalue weighted by atomic mass is 16.2. The van der Waals surface area contributed by atoms with E-state index in [-0.39, 0.29) is 11.8 Å². The number of hydrogen-bond acceptors (Lipinski definition) is 3. The Bertz CT molecular complexity index is 746. The van der Waals surface area contributed by atoms with Gasteiger partial charge in [-0.05, 0) is 68.9 Å². The molecule has 1 aromatic carbocycles. The van der Waals surface area contributed by atoms with Crippen LogP contribution in [0.3, 0.4) is 0 Å². The first kappa shape index (κ1) is 14.5. The molecule has 4 rings (SSSR count). The minimum Gasteiger partial charge on any atom is -0.357 e. The van der Waals surface area contributed by atoms with Crippen molar-refractivity contribution in [1.29, 1.82) is 0 Å². The number of fused-ring (bicyclic) bond motifs is 1. The Labute approximate surface area is 136 Å². The van der Waals surface area contributed by atoms with Crippen LogP contribution in [0, 0.1) is 12.8 Å². The van der Waals surface area contributed by atoms with Gasteiger partial charge in [0, 0.05) is 30.1 Å². The molecule has 23 heavy (non-hydrogen) atoms. The fraction of sp³-hybridized carbons (Fsp3) is 0.474. The molecule has 4 nitrogen and oxygen atoms in total. The summed E-state index contributed by atoms with van der Waals surface area (Å²) in [6, 6.07) is 8.23. The molecule has 1 saturated heterocycles. The first-order chi connectivity index (χ1) is 11.2. The van der Waals surface area contributed by atoms with Gasteiger partial charge in [-0.1, -0.05) is 0 Å². The summed E-state index contributed by atoms with van der Waals surface area (Å²) >= 11 is 0. The van der Waals surface area contributed by atoms with Crippen molar-refractivity contribution in [2.24, 2.45) is 5.92 Å². The Morgan fingerprint density at radius 1 is 1.17 bits per heavy atom. The minimum atomic E-state index is 0.153. The summed E-state index contributed by atoms with van der Waals surface area (Å²) in [5, 5.41) is 4.15. The molecule has 0 spiro atoms. The number of nitrogens with one attached hydrogen (secondary N) is 1. The second-order valence-electron chi connectivity index (χ2n) is 6.84. The predicted octanol–water partition coefficient (Wildman–Crippen LogP) is 3.88. The van der Waals surface area contributed by atoms with E-state index in [2.05, 4.69) is 29.3 Å². The van der Waals surface area contributed by atoms with Crippen molar-refractivity contribution in [1.82, 2.24) is 4.98 Å². The van der Waals surface area contributed by atoms with E-state index in [0.717, 1.165) is 48.3 Å². The number of pyridine rings is 1. The largest absolute Gasteiger partial charge is 0.357 e. The van der Waals surface area contributed by atoms with Gasteiger partial charge in [-0.15, -0.1) is 0 Å². The molecular weight excluding hydrogens is 286 g/mol. The van der Waals surface area contributed by atoms with Crippen LogP contribution < -0.4 is 10.2 Å². The molecule has 4 heteroatoms. The Kier molecular flexibility index (Phi) is 3.68. The van der Waals surface area contributed by atoms with Crippen LogP contribution in [0.1, 0.15) is 37.7 Å². The Balaban J connectivity index is 1.63. The van der Waals surface area contributed by atoms with E-state index in [1.165, 1.54) is 24.8 Å². The van der Waals surface area contributed by atoms with Gasteiger partial charge in [0.25, 0.3) is 0 Å². The van der Waals surface area contributed by atoms with Crippen molar-refractivity contribution in [3.05, 3.63) is 29.8 Å². The SMILES string of the molecule is Cc1cc(N2CCCCC2)nc2ccc(NC(=O)C3CC3)cc12. The quantitative estimate of drug-likeness (QED) is 0.936. The number of carbonyl (C=O) groups is 1.